The number of rotatable bonds is 3. The fourth-order valence-electron chi connectivity index (χ4n) is 3.60. The maximum absolute atomic E-state index is 15.9. The van der Waals surface area contributed by atoms with Crippen molar-refractivity contribution in [2.24, 2.45) is 0 Å². The van der Waals surface area contributed by atoms with E-state index in [0.717, 1.165) is 0 Å². The summed E-state index contributed by atoms with van der Waals surface area (Å²) in [5.41, 5.74) is -1.78. The zero-order valence-electron chi connectivity index (χ0n) is 14.8. The Morgan fingerprint density at radius 2 is 1.58 bits per heavy atom. The Bertz CT molecular complexity index is 914. The average molecular weight is 366 g/mol. The lowest BCUT2D eigenvalue weighted by Gasteiger charge is -2.53. The number of nitrogens with one attached hydrogen (secondary N) is 2. The van der Waals surface area contributed by atoms with Crippen LogP contribution in [-0.2, 0) is 0 Å². The Kier molecular flexibility index (Phi) is 4.24. The van der Waals surface area contributed by atoms with E-state index in [2.05, 4.69) is 4.98 Å². The van der Waals surface area contributed by atoms with Gasteiger partial charge in [0.15, 0.2) is 0 Å². The second-order valence-corrected chi connectivity index (χ2v) is 6.62. The largest absolute Gasteiger partial charge is 0.437 e. The Morgan fingerprint density at radius 1 is 1.00 bits per heavy atom. The molecule has 9 heteroatoms. The van der Waals surface area contributed by atoms with E-state index in [1.807, 2.05) is 4.98 Å². The van der Waals surface area contributed by atoms with Crippen LogP contribution < -0.4 is 16.0 Å². The molecule has 0 saturated carbocycles. The number of aromatic amines is 2. The number of fused-ring (bicyclic) bond motifs is 1. The molecule has 1 aliphatic heterocycles. The topological polar surface area (TPSA) is 81.4 Å². The van der Waals surface area contributed by atoms with E-state index in [0.29, 0.717) is 0 Å². The van der Waals surface area contributed by atoms with Crippen LogP contribution in [0.1, 0.15) is 17.0 Å². The second kappa shape index (κ2) is 6.03. The molecule has 1 aromatic heterocycles. The molecule has 0 spiro atoms. The van der Waals surface area contributed by atoms with Crippen LogP contribution in [0.3, 0.4) is 0 Å². The lowest BCUT2D eigenvalue weighted by molar-refractivity contribution is -0.306. The molecule has 0 radical (unpaired) electrons. The summed E-state index contributed by atoms with van der Waals surface area (Å²) in [6.45, 7) is 0. The van der Waals surface area contributed by atoms with Gasteiger partial charge in [0.25, 0.3) is 11.4 Å². The van der Waals surface area contributed by atoms with Crippen molar-refractivity contribution in [3.63, 3.8) is 0 Å². The van der Waals surface area contributed by atoms with Gasteiger partial charge in [0, 0.05) is 0 Å². The van der Waals surface area contributed by atoms with Crippen LogP contribution >= 0.6 is 0 Å². The van der Waals surface area contributed by atoms with E-state index in [4.69, 9.17) is 4.74 Å². The summed E-state index contributed by atoms with van der Waals surface area (Å²) in [5.74, 6) is -7.62. The Labute approximate surface area is 148 Å². The number of aromatic nitrogens is 2. The monoisotopic (exact) mass is 366 g/mol. The molecule has 140 valence electrons. The van der Waals surface area contributed by atoms with Crippen LogP contribution in [0, 0.1) is 0 Å². The van der Waals surface area contributed by atoms with Crippen molar-refractivity contribution >= 4 is 0 Å². The summed E-state index contributed by atoms with van der Waals surface area (Å²) >= 11 is 0. The van der Waals surface area contributed by atoms with Crippen molar-refractivity contribution in [1.29, 1.82) is 0 Å². The first-order chi connectivity index (χ1) is 12.1. The minimum Gasteiger partial charge on any atom is -0.437 e. The predicted molar refractivity (Wildman–Crippen MR) is 91.6 cm³/mol. The number of benzene rings is 1. The molecule has 1 atom stereocenters. The Balaban J connectivity index is 2.41. The summed E-state index contributed by atoms with van der Waals surface area (Å²) in [5, 5.41) is 0. The number of hydrogen-bond donors (Lipinski definition) is 2. The van der Waals surface area contributed by atoms with E-state index in [9.17, 15) is 9.59 Å². The van der Waals surface area contributed by atoms with E-state index in [-0.39, 0.29) is 17.0 Å². The highest BCUT2D eigenvalue weighted by Gasteiger charge is 2.68. The molecular weight excluding hydrogens is 346 g/mol. The van der Waals surface area contributed by atoms with Crippen LogP contribution in [0.15, 0.2) is 39.9 Å². The van der Waals surface area contributed by atoms with Gasteiger partial charge in [-0.3, -0.25) is 24.6 Å². The number of alkyl halides is 2. The van der Waals surface area contributed by atoms with E-state index < -0.39 is 28.9 Å². The Hall–Kier alpha value is -2.52. The molecule has 1 unspecified atom stereocenters. The molecule has 1 aliphatic rings. The van der Waals surface area contributed by atoms with Gasteiger partial charge in [-0.25, -0.2) is 4.79 Å². The maximum Gasteiger partial charge on any atom is 0.328 e. The van der Waals surface area contributed by atoms with Crippen LogP contribution in [0.2, 0.25) is 0 Å². The molecule has 0 amide bonds. The summed E-state index contributed by atoms with van der Waals surface area (Å²) in [4.78, 5) is 30.9. The third kappa shape index (κ3) is 2.38. The number of hydrogen-bond acceptors (Lipinski definition) is 5. The van der Waals surface area contributed by atoms with Gasteiger partial charge < -0.3 is 4.74 Å². The summed E-state index contributed by atoms with van der Waals surface area (Å²) < 4.78 is 37.4. The second-order valence-electron chi connectivity index (χ2n) is 6.62. The smallest absolute Gasteiger partial charge is 0.328 e. The zero-order valence-corrected chi connectivity index (χ0v) is 14.8. The quantitative estimate of drug-likeness (QED) is 0.792. The third-order valence-electron chi connectivity index (χ3n) is 4.62. The normalized spacial score (nSPS) is 20.7. The highest BCUT2D eigenvalue weighted by atomic mass is 19.3. The van der Waals surface area contributed by atoms with E-state index in [1.54, 1.807) is 18.2 Å². The van der Waals surface area contributed by atoms with Crippen LogP contribution in [0.25, 0.3) is 0 Å². The number of H-pyrrole nitrogens is 2. The molecule has 2 N–H and O–H groups in total. The molecule has 2 heterocycles. The third-order valence-corrected chi connectivity index (χ3v) is 4.62. The summed E-state index contributed by atoms with van der Waals surface area (Å²) in [6.07, 6.45) is 0. The van der Waals surface area contributed by atoms with Crippen molar-refractivity contribution in [1.82, 2.24) is 19.8 Å². The summed E-state index contributed by atoms with van der Waals surface area (Å²) in [7, 11) is 5.80. The number of ether oxygens (including phenoxy) is 1. The molecule has 0 saturated heterocycles. The molecule has 7 nitrogen and oxygen atoms in total. The van der Waals surface area contributed by atoms with Crippen molar-refractivity contribution < 1.29 is 13.5 Å². The standard InChI is InChI=1S/C17H20F2N4O3/c1-22(2)17(23(3)4)16(18,19)12(10-8-6-5-7-9-10)11-13(24)20-15(25)21-14(11)26-17/h5-9,12H,1-4H3,(H2,20,21,24,25). The Morgan fingerprint density at radius 3 is 2.12 bits per heavy atom. The van der Waals surface area contributed by atoms with Crippen molar-refractivity contribution in [2.75, 3.05) is 28.2 Å². The highest BCUT2D eigenvalue weighted by Crippen LogP contribution is 2.53. The molecule has 1 aromatic carbocycles. The van der Waals surface area contributed by atoms with Crippen LogP contribution in [0.4, 0.5) is 8.78 Å². The fourth-order valence-corrected chi connectivity index (χ4v) is 3.60. The van der Waals surface area contributed by atoms with Gasteiger partial charge in [-0.1, -0.05) is 30.3 Å². The number of halogens is 2. The molecule has 0 aliphatic carbocycles. The molecule has 26 heavy (non-hydrogen) atoms. The average Bonchev–Trinajstić information content (AvgIpc) is 2.54. The minimum atomic E-state index is -3.53. The fraction of sp³-hybridized carbons (Fsp3) is 0.412. The van der Waals surface area contributed by atoms with Gasteiger partial charge in [-0.05, 0) is 33.8 Å². The molecule has 2 aromatic rings. The predicted octanol–water partition coefficient (Wildman–Crippen LogP) is 1.000. The van der Waals surface area contributed by atoms with E-state index in [1.165, 1.54) is 50.1 Å². The van der Waals surface area contributed by atoms with Crippen molar-refractivity contribution in [2.45, 2.75) is 17.7 Å². The van der Waals surface area contributed by atoms with Crippen LogP contribution in [0.5, 0.6) is 5.88 Å². The van der Waals surface area contributed by atoms with Gasteiger partial charge in [0.2, 0.25) is 5.88 Å². The lowest BCUT2D eigenvalue weighted by Crippen LogP contribution is -2.73. The first kappa shape index (κ1) is 18.3. The molecular formula is C17H20F2N4O3. The molecule has 3 rings (SSSR count). The van der Waals surface area contributed by atoms with Gasteiger partial charge in [0.05, 0.1) is 11.5 Å². The van der Waals surface area contributed by atoms with Crippen molar-refractivity contribution in [3.8, 4) is 5.88 Å². The van der Waals surface area contributed by atoms with E-state index >= 15 is 8.78 Å². The molecule has 0 fully saturated rings. The maximum atomic E-state index is 15.9. The minimum absolute atomic E-state index is 0.243. The van der Waals surface area contributed by atoms with Crippen molar-refractivity contribution in [3.05, 3.63) is 62.3 Å². The lowest BCUT2D eigenvalue weighted by atomic mass is 9.81. The zero-order chi connectivity index (χ0) is 19.3. The molecule has 0 bridgehead atoms. The first-order valence-electron chi connectivity index (χ1n) is 7.96. The van der Waals surface area contributed by atoms with Crippen LogP contribution in [-0.4, -0.2) is 59.7 Å². The SMILES string of the molecule is CN(C)C1(N(C)C)Oc2[nH]c(=O)[nH]c(=O)c2C(c2ccccc2)C1(F)F. The van der Waals surface area contributed by atoms with Gasteiger partial charge in [-0.2, -0.15) is 8.78 Å². The highest BCUT2D eigenvalue weighted by molar-refractivity contribution is 5.43. The number of nitrogens with zero attached hydrogens (tertiary/aromatic N) is 2. The van der Waals surface area contributed by atoms with Gasteiger partial charge in [-0.15, -0.1) is 0 Å². The first-order valence-corrected chi connectivity index (χ1v) is 7.96. The van der Waals surface area contributed by atoms with Gasteiger partial charge in [0.1, 0.15) is 0 Å². The summed E-state index contributed by atoms with van der Waals surface area (Å²) in [6, 6.07) is 7.98. The van der Waals surface area contributed by atoms with Gasteiger partial charge >= 0.3 is 11.6 Å².